The average molecular weight is 377 g/mol. The second-order valence-corrected chi connectivity index (χ2v) is 9.03. The Hall–Kier alpha value is -2.43. The maximum absolute atomic E-state index is 13.1. The van der Waals surface area contributed by atoms with Gasteiger partial charge in [-0.3, -0.25) is 14.5 Å². The summed E-state index contributed by atoms with van der Waals surface area (Å²) in [6.07, 6.45) is 9.62. The summed E-state index contributed by atoms with van der Waals surface area (Å²) in [4.78, 5) is 40.0. The van der Waals surface area contributed by atoms with E-state index >= 15 is 0 Å². The Morgan fingerprint density at radius 1 is 0.893 bits per heavy atom. The molecule has 0 radical (unpaired) electrons. The van der Waals surface area contributed by atoms with E-state index in [0.29, 0.717) is 23.1 Å². The molecule has 1 aromatic rings. The molecule has 7 rings (SSSR count). The van der Waals surface area contributed by atoms with Crippen molar-refractivity contribution in [1.29, 1.82) is 0 Å². The van der Waals surface area contributed by atoms with Crippen LogP contribution in [-0.2, 0) is 14.3 Å². The van der Waals surface area contributed by atoms with Gasteiger partial charge in [-0.2, -0.15) is 0 Å². The summed E-state index contributed by atoms with van der Waals surface area (Å²) in [6.45, 7) is 0. The summed E-state index contributed by atoms with van der Waals surface area (Å²) < 4.78 is 5.54. The van der Waals surface area contributed by atoms with Gasteiger partial charge in [-0.15, -0.1) is 0 Å². The quantitative estimate of drug-likeness (QED) is 0.460. The van der Waals surface area contributed by atoms with Crippen LogP contribution in [0, 0.1) is 35.5 Å². The minimum absolute atomic E-state index is 0.0199. The molecule has 3 saturated carbocycles. The molecular formula is C23H23NO4. The van der Waals surface area contributed by atoms with Crippen LogP contribution in [-0.4, -0.2) is 23.9 Å². The molecule has 2 bridgehead atoms. The predicted molar refractivity (Wildman–Crippen MR) is 101 cm³/mol. The Balaban J connectivity index is 1.23. The molecule has 1 saturated heterocycles. The number of carbonyl (C=O) groups excluding carboxylic acids is 3. The first-order valence-corrected chi connectivity index (χ1v) is 10.5. The Morgan fingerprint density at radius 2 is 1.46 bits per heavy atom. The van der Waals surface area contributed by atoms with Crippen LogP contribution in [0.4, 0.5) is 5.69 Å². The van der Waals surface area contributed by atoms with Crippen molar-refractivity contribution in [2.45, 2.75) is 38.2 Å². The number of nitrogens with zero attached hydrogens (tertiary/aromatic N) is 1. The minimum Gasteiger partial charge on any atom is -0.459 e. The topological polar surface area (TPSA) is 63.7 Å². The Labute approximate surface area is 163 Å². The van der Waals surface area contributed by atoms with Gasteiger partial charge in [0.25, 0.3) is 0 Å². The van der Waals surface area contributed by atoms with E-state index in [0.717, 1.165) is 32.1 Å². The minimum atomic E-state index is -0.325. The number of allylic oxidation sites excluding steroid dienone is 2. The number of ether oxygens (including phenoxy) is 1. The standard InChI is InChI=1S/C23H23NO4/c25-21-19-15-9-10-16(18-11-17(15)18)20(19)22(26)24(21)13-7-5-12(6-8-13)23(27)28-14-3-1-2-4-14/h5-10,14-20H,1-4,11H2. The Morgan fingerprint density at radius 3 is 2.04 bits per heavy atom. The van der Waals surface area contributed by atoms with E-state index < -0.39 is 0 Å². The first-order chi connectivity index (χ1) is 13.6. The average Bonchev–Trinajstić information content (AvgIpc) is 3.32. The van der Waals surface area contributed by atoms with Crippen LogP contribution in [0.5, 0.6) is 0 Å². The van der Waals surface area contributed by atoms with Crippen LogP contribution in [0.15, 0.2) is 36.4 Å². The number of esters is 1. The van der Waals surface area contributed by atoms with Crippen LogP contribution < -0.4 is 4.90 Å². The third-order valence-electron chi connectivity index (χ3n) is 7.60. The predicted octanol–water partition coefficient (Wildman–Crippen LogP) is 3.34. The van der Waals surface area contributed by atoms with Crippen LogP contribution in [0.25, 0.3) is 0 Å². The zero-order chi connectivity index (χ0) is 19.0. The molecule has 5 aliphatic carbocycles. The zero-order valence-electron chi connectivity index (χ0n) is 15.6. The van der Waals surface area contributed by atoms with Gasteiger partial charge in [0, 0.05) is 0 Å². The second kappa shape index (κ2) is 5.79. The summed E-state index contributed by atoms with van der Waals surface area (Å²) in [5.41, 5.74) is 1.03. The maximum atomic E-state index is 13.1. The molecule has 0 aromatic heterocycles. The van der Waals surface area contributed by atoms with Crippen LogP contribution in [0.3, 0.4) is 0 Å². The number of hydrogen-bond donors (Lipinski definition) is 0. The van der Waals surface area contributed by atoms with E-state index in [4.69, 9.17) is 4.74 Å². The normalized spacial score (nSPS) is 37.9. The molecule has 6 atom stereocenters. The number of amides is 2. The number of carbonyl (C=O) groups is 3. The molecule has 2 amide bonds. The van der Waals surface area contributed by atoms with Gasteiger partial charge >= 0.3 is 5.97 Å². The molecule has 1 aliphatic heterocycles. The number of imide groups is 1. The van der Waals surface area contributed by atoms with Gasteiger partial charge in [0.15, 0.2) is 0 Å². The fraction of sp³-hybridized carbons (Fsp3) is 0.522. The van der Waals surface area contributed by atoms with Gasteiger partial charge in [-0.05, 0) is 80.0 Å². The molecule has 5 heteroatoms. The molecule has 5 nitrogen and oxygen atoms in total. The molecule has 6 aliphatic rings. The largest absolute Gasteiger partial charge is 0.459 e. The monoisotopic (exact) mass is 377 g/mol. The molecule has 144 valence electrons. The highest BCUT2D eigenvalue weighted by molar-refractivity contribution is 6.22. The van der Waals surface area contributed by atoms with E-state index in [-0.39, 0.29) is 47.6 Å². The van der Waals surface area contributed by atoms with Crippen molar-refractivity contribution < 1.29 is 19.1 Å². The van der Waals surface area contributed by atoms with Gasteiger partial charge < -0.3 is 4.74 Å². The summed E-state index contributed by atoms with van der Waals surface area (Å²) >= 11 is 0. The van der Waals surface area contributed by atoms with Crippen molar-refractivity contribution in [1.82, 2.24) is 0 Å². The third kappa shape index (κ3) is 2.22. The van der Waals surface area contributed by atoms with Gasteiger partial charge in [-0.1, -0.05) is 12.2 Å². The smallest absolute Gasteiger partial charge is 0.338 e. The lowest BCUT2D eigenvalue weighted by molar-refractivity contribution is -0.124. The van der Waals surface area contributed by atoms with Crippen molar-refractivity contribution in [3.05, 3.63) is 42.0 Å². The number of rotatable bonds is 3. The van der Waals surface area contributed by atoms with E-state index in [1.807, 2.05) is 0 Å². The Kier molecular flexibility index (Phi) is 3.41. The van der Waals surface area contributed by atoms with Crippen LogP contribution in [0.2, 0.25) is 0 Å². The number of hydrogen-bond acceptors (Lipinski definition) is 4. The van der Waals surface area contributed by atoms with Crippen molar-refractivity contribution >= 4 is 23.5 Å². The van der Waals surface area contributed by atoms with Crippen molar-refractivity contribution in [3.8, 4) is 0 Å². The van der Waals surface area contributed by atoms with E-state index in [9.17, 15) is 14.4 Å². The molecule has 1 heterocycles. The summed E-state index contributed by atoms with van der Waals surface area (Å²) in [5, 5.41) is 0. The van der Waals surface area contributed by atoms with Crippen molar-refractivity contribution in [2.75, 3.05) is 4.90 Å². The van der Waals surface area contributed by atoms with E-state index in [1.165, 1.54) is 4.90 Å². The maximum Gasteiger partial charge on any atom is 0.338 e. The third-order valence-corrected chi connectivity index (χ3v) is 7.60. The second-order valence-electron chi connectivity index (χ2n) is 9.03. The number of anilines is 1. The number of benzene rings is 1. The summed E-state index contributed by atoms with van der Waals surface area (Å²) in [7, 11) is 0. The van der Waals surface area contributed by atoms with Crippen LogP contribution >= 0.6 is 0 Å². The molecule has 0 spiro atoms. The molecule has 4 fully saturated rings. The van der Waals surface area contributed by atoms with Crippen LogP contribution in [0.1, 0.15) is 42.5 Å². The fourth-order valence-corrected chi connectivity index (χ4v) is 6.18. The molecule has 6 unspecified atom stereocenters. The highest BCUT2D eigenvalue weighted by atomic mass is 16.5. The van der Waals surface area contributed by atoms with Gasteiger partial charge in [0.1, 0.15) is 6.10 Å². The summed E-state index contributed by atoms with van der Waals surface area (Å²) in [5.74, 6) is 0.789. The first-order valence-electron chi connectivity index (χ1n) is 10.5. The van der Waals surface area contributed by atoms with E-state index in [2.05, 4.69) is 12.2 Å². The Bertz CT molecular complexity index is 862. The fourth-order valence-electron chi connectivity index (χ4n) is 6.18. The zero-order valence-corrected chi connectivity index (χ0v) is 15.6. The van der Waals surface area contributed by atoms with Gasteiger partial charge in [0.05, 0.1) is 23.1 Å². The lowest BCUT2D eigenvalue weighted by Crippen LogP contribution is -2.40. The van der Waals surface area contributed by atoms with Gasteiger partial charge in [0.2, 0.25) is 11.8 Å². The highest BCUT2D eigenvalue weighted by Gasteiger charge is 2.67. The SMILES string of the molecule is O=C(OC1CCCC1)c1ccc(N2C(=O)C3C4C=CC(C5CC45)C3C2=O)cc1. The lowest BCUT2D eigenvalue weighted by atomic mass is 9.63. The van der Waals surface area contributed by atoms with Crippen molar-refractivity contribution in [2.24, 2.45) is 35.5 Å². The first kappa shape index (κ1) is 16.5. The molecule has 1 aromatic carbocycles. The van der Waals surface area contributed by atoms with E-state index in [1.54, 1.807) is 24.3 Å². The lowest BCUT2D eigenvalue weighted by Gasteiger charge is -2.37. The summed E-state index contributed by atoms with van der Waals surface area (Å²) in [6, 6.07) is 6.74. The highest BCUT2D eigenvalue weighted by Crippen LogP contribution is 2.65. The molecular weight excluding hydrogens is 354 g/mol. The van der Waals surface area contributed by atoms with Crippen molar-refractivity contribution in [3.63, 3.8) is 0 Å². The molecule has 0 N–H and O–H groups in total. The van der Waals surface area contributed by atoms with Gasteiger partial charge in [-0.25, -0.2) is 4.79 Å². The molecule has 28 heavy (non-hydrogen) atoms.